The molecule has 0 unspecified atom stereocenters. The summed E-state index contributed by atoms with van der Waals surface area (Å²) in [6, 6.07) is 4.05. The number of ether oxygens (including phenoxy) is 1. The van der Waals surface area contributed by atoms with Crippen molar-refractivity contribution in [1.82, 2.24) is 15.1 Å². The molecule has 136 valence electrons. The molecule has 25 heavy (non-hydrogen) atoms. The van der Waals surface area contributed by atoms with E-state index in [9.17, 15) is 14.4 Å². The summed E-state index contributed by atoms with van der Waals surface area (Å²) in [5, 5.41) is 3.30. The second-order valence-electron chi connectivity index (χ2n) is 5.89. The van der Waals surface area contributed by atoms with Gasteiger partial charge in [0.1, 0.15) is 11.8 Å². The van der Waals surface area contributed by atoms with Crippen molar-refractivity contribution in [1.29, 1.82) is 0 Å². The Kier molecular flexibility index (Phi) is 6.25. The molecule has 0 spiro atoms. The molecule has 1 saturated heterocycles. The fraction of sp³-hybridized carbons (Fsp3) is 0.471. The Balaban J connectivity index is 1.97. The lowest BCUT2D eigenvalue weighted by Crippen LogP contribution is -2.37. The maximum absolute atomic E-state index is 12.2. The zero-order valence-corrected chi connectivity index (χ0v) is 15.3. The number of carbonyl (C=O) groups is 3. The van der Waals surface area contributed by atoms with Gasteiger partial charge in [-0.05, 0) is 24.6 Å². The molecule has 0 radical (unpaired) electrons. The fourth-order valence-electron chi connectivity index (χ4n) is 2.56. The molecule has 7 nitrogen and oxygen atoms in total. The molecule has 4 amide bonds. The van der Waals surface area contributed by atoms with Gasteiger partial charge in [-0.1, -0.05) is 18.5 Å². The van der Waals surface area contributed by atoms with Gasteiger partial charge >= 0.3 is 6.03 Å². The van der Waals surface area contributed by atoms with Crippen LogP contribution in [0.15, 0.2) is 18.2 Å². The van der Waals surface area contributed by atoms with Gasteiger partial charge in [0.2, 0.25) is 5.91 Å². The highest BCUT2D eigenvalue weighted by atomic mass is 35.5. The molecule has 0 bridgehead atoms. The predicted octanol–water partition coefficient (Wildman–Crippen LogP) is 2.03. The minimum atomic E-state index is -0.771. The second-order valence-corrected chi connectivity index (χ2v) is 6.32. The number of benzene rings is 1. The van der Waals surface area contributed by atoms with E-state index in [0.717, 1.165) is 16.9 Å². The highest BCUT2D eigenvalue weighted by Crippen LogP contribution is 2.23. The number of amides is 4. The number of carbonyl (C=O) groups excluding carboxylic acids is 3. The predicted molar refractivity (Wildman–Crippen MR) is 93.4 cm³/mol. The van der Waals surface area contributed by atoms with E-state index in [1.165, 1.54) is 19.0 Å². The Bertz CT molecular complexity index is 680. The maximum atomic E-state index is 12.2. The zero-order valence-electron chi connectivity index (χ0n) is 14.5. The van der Waals surface area contributed by atoms with Crippen LogP contribution < -0.4 is 10.1 Å². The molecule has 1 atom stereocenters. The Morgan fingerprint density at radius 3 is 2.64 bits per heavy atom. The molecule has 1 N–H and O–H groups in total. The van der Waals surface area contributed by atoms with Crippen molar-refractivity contribution in [2.45, 2.75) is 32.4 Å². The quantitative estimate of drug-likeness (QED) is 0.748. The molecule has 2 rings (SSSR count). The first-order valence-corrected chi connectivity index (χ1v) is 8.45. The van der Waals surface area contributed by atoms with E-state index in [-0.39, 0.29) is 24.8 Å². The van der Waals surface area contributed by atoms with Crippen molar-refractivity contribution in [3.63, 3.8) is 0 Å². The summed E-state index contributed by atoms with van der Waals surface area (Å²) in [6.07, 6.45) is 0.781. The topological polar surface area (TPSA) is 79.0 Å². The first-order valence-electron chi connectivity index (χ1n) is 8.07. The van der Waals surface area contributed by atoms with Gasteiger partial charge in [0.05, 0.1) is 13.0 Å². The number of halogens is 1. The molecule has 8 heteroatoms. The second kappa shape index (κ2) is 8.20. The lowest BCUT2D eigenvalue weighted by molar-refractivity contribution is -0.131. The van der Waals surface area contributed by atoms with Crippen LogP contribution in [0.25, 0.3) is 0 Å². The van der Waals surface area contributed by atoms with E-state index in [1.807, 2.05) is 6.92 Å². The standard InChI is InChI=1S/C17H22ClN3O4/c1-4-7-25-14-6-5-12(18)8-11(14)10-19-15(22)9-13-16(23)21(3)17(24)20(13)2/h5-6,8,13H,4,7,9-10H2,1-3H3,(H,19,22)/t13-/m0/s1. The van der Waals surface area contributed by atoms with Crippen molar-refractivity contribution in [3.8, 4) is 5.75 Å². The van der Waals surface area contributed by atoms with Crippen LogP contribution >= 0.6 is 11.6 Å². The van der Waals surface area contributed by atoms with Crippen molar-refractivity contribution >= 4 is 29.4 Å². The summed E-state index contributed by atoms with van der Waals surface area (Å²) in [5.41, 5.74) is 0.758. The molecule has 1 heterocycles. The highest BCUT2D eigenvalue weighted by Gasteiger charge is 2.41. The van der Waals surface area contributed by atoms with E-state index >= 15 is 0 Å². The van der Waals surface area contributed by atoms with Crippen LogP contribution in [0.3, 0.4) is 0 Å². The average Bonchev–Trinajstić information content (AvgIpc) is 2.77. The van der Waals surface area contributed by atoms with Crippen molar-refractivity contribution < 1.29 is 19.1 Å². The third-order valence-electron chi connectivity index (χ3n) is 4.01. The first kappa shape index (κ1) is 19.1. The molecule has 1 fully saturated rings. The lowest BCUT2D eigenvalue weighted by atomic mass is 10.1. The Hall–Kier alpha value is -2.28. The van der Waals surface area contributed by atoms with Gasteiger partial charge in [0.15, 0.2) is 0 Å². The third-order valence-corrected chi connectivity index (χ3v) is 4.25. The number of imide groups is 1. The molecule has 0 aliphatic carbocycles. The normalized spacial score (nSPS) is 17.2. The van der Waals surface area contributed by atoms with Gasteiger partial charge in [-0.3, -0.25) is 14.5 Å². The lowest BCUT2D eigenvalue weighted by Gasteiger charge is -2.16. The Morgan fingerprint density at radius 1 is 1.32 bits per heavy atom. The van der Waals surface area contributed by atoms with Gasteiger partial charge in [-0.15, -0.1) is 0 Å². The third kappa shape index (κ3) is 4.42. The number of hydrogen-bond acceptors (Lipinski definition) is 4. The van der Waals surface area contributed by atoms with Crippen LogP contribution in [0.5, 0.6) is 5.75 Å². The zero-order chi connectivity index (χ0) is 18.6. The van der Waals surface area contributed by atoms with Gasteiger partial charge < -0.3 is 15.0 Å². The molecular weight excluding hydrogens is 346 g/mol. The molecule has 1 aliphatic heterocycles. The van der Waals surface area contributed by atoms with Gasteiger partial charge in [-0.2, -0.15) is 0 Å². The molecule has 0 saturated carbocycles. The van der Waals surface area contributed by atoms with Crippen LogP contribution in [-0.4, -0.2) is 54.4 Å². The molecule has 1 aromatic carbocycles. The fourth-order valence-corrected chi connectivity index (χ4v) is 2.75. The van der Waals surface area contributed by atoms with Crippen LogP contribution in [0.4, 0.5) is 4.79 Å². The maximum Gasteiger partial charge on any atom is 0.326 e. The van der Waals surface area contributed by atoms with Gasteiger partial charge in [0.25, 0.3) is 5.91 Å². The van der Waals surface area contributed by atoms with Crippen LogP contribution in [0.1, 0.15) is 25.3 Å². The van der Waals surface area contributed by atoms with Crippen LogP contribution in [-0.2, 0) is 16.1 Å². The van der Waals surface area contributed by atoms with E-state index in [4.69, 9.17) is 16.3 Å². The Labute approximate surface area is 151 Å². The Morgan fingerprint density at radius 2 is 2.04 bits per heavy atom. The van der Waals surface area contributed by atoms with Crippen molar-refractivity contribution in [2.24, 2.45) is 0 Å². The number of nitrogens with zero attached hydrogens (tertiary/aromatic N) is 2. The van der Waals surface area contributed by atoms with Crippen LogP contribution in [0, 0.1) is 0 Å². The largest absolute Gasteiger partial charge is 0.493 e. The van der Waals surface area contributed by atoms with Crippen molar-refractivity contribution in [3.05, 3.63) is 28.8 Å². The number of urea groups is 1. The summed E-state index contributed by atoms with van der Waals surface area (Å²) < 4.78 is 5.65. The van der Waals surface area contributed by atoms with E-state index in [0.29, 0.717) is 17.4 Å². The first-order chi connectivity index (χ1) is 11.8. The molecule has 1 aromatic rings. The summed E-state index contributed by atoms with van der Waals surface area (Å²) in [5.74, 6) is -0.0392. The summed E-state index contributed by atoms with van der Waals surface area (Å²) in [7, 11) is 2.91. The summed E-state index contributed by atoms with van der Waals surface area (Å²) in [6.45, 7) is 2.80. The number of nitrogens with one attached hydrogen (secondary N) is 1. The molecule has 0 aromatic heterocycles. The number of hydrogen-bond donors (Lipinski definition) is 1. The van der Waals surface area contributed by atoms with Gasteiger partial charge in [0, 0.05) is 31.2 Å². The monoisotopic (exact) mass is 367 g/mol. The molecular formula is C17H22ClN3O4. The molecule has 1 aliphatic rings. The van der Waals surface area contributed by atoms with E-state index in [2.05, 4.69) is 5.32 Å². The van der Waals surface area contributed by atoms with Crippen LogP contribution in [0.2, 0.25) is 5.02 Å². The summed E-state index contributed by atoms with van der Waals surface area (Å²) in [4.78, 5) is 38.2. The minimum absolute atomic E-state index is 0.0862. The van der Waals surface area contributed by atoms with E-state index < -0.39 is 12.1 Å². The van der Waals surface area contributed by atoms with E-state index in [1.54, 1.807) is 18.2 Å². The highest BCUT2D eigenvalue weighted by molar-refractivity contribution is 6.30. The minimum Gasteiger partial charge on any atom is -0.493 e. The average molecular weight is 368 g/mol. The smallest absolute Gasteiger partial charge is 0.326 e. The summed E-state index contributed by atoms with van der Waals surface area (Å²) >= 11 is 6.01. The number of likely N-dealkylation sites (N-methyl/N-ethyl adjacent to an activating group) is 2. The van der Waals surface area contributed by atoms with Crippen molar-refractivity contribution in [2.75, 3.05) is 20.7 Å². The SMILES string of the molecule is CCCOc1ccc(Cl)cc1CNC(=O)C[C@H]1C(=O)N(C)C(=O)N1C. The number of rotatable bonds is 7. The van der Waals surface area contributed by atoms with Gasteiger partial charge in [-0.25, -0.2) is 4.79 Å².